The summed E-state index contributed by atoms with van der Waals surface area (Å²) in [7, 11) is 0. The average Bonchev–Trinajstić information content (AvgIpc) is 1.76. The van der Waals surface area contributed by atoms with Gasteiger partial charge in [0.05, 0.1) is 6.33 Å². The fourth-order valence-electron chi connectivity index (χ4n) is 0.215. The summed E-state index contributed by atoms with van der Waals surface area (Å²) < 4.78 is 0. The standard InChI is InChI=1S/C3H4N2.B.FH/c1-2-5-3-4-1;;/h1-3H,(H,4,5);;1H. The zero-order chi connectivity index (χ0) is 3.54. The summed E-state index contributed by atoms with van der Waals surface area (Å²) >= 11 is 0. The predicted molar refractivity (Wildman–Crippen MR) is 26.8 cm³/mol. The summed E-state index contributed by atoms with van der Waals surface area (Å²) in [6.45, 7) is 0. The highest BCUT2D eigenvalue weighted by atomic mass is 19.0. The van der Waals surface area contributed by atoms with E-state index in [1.807, 2.05) is 0 Å². The van der Waals surface area contributed by atoms with E-state index >= 15 is 0 Å². The van der Waals surface area contributed by atoms with Gasteiger partial charge in [0.25, 0.3) is 0 Å². The van der Waals surface area contributed by atoms with Crippen LogP contribution in [0.3, 0.4) is 0 Å². The van der Waals surface area contributed by atoms with E-state index in [9.17, 15) is 0 Å². The fraction of sp³-hybridized carbons (Fsp3) is 0. The molecule has 1 aromatic rings. The molecular weight excluding hydrogens is 93.9 g/mol. The molecule has 3 radical (unpaired) electrons. The number of aromatic nitrogens is 2. The third-order valence-corrected chi connectivity index (χ3v) is 0.406. The lowest BCUT2D eigenvalue weighted by Crippen LogP contribution is -1.44. The maximum Gasteiger partial charge on any atom is 0.0919 e. The lowest BCUT2D eigenvalue weighted by atomic mass is 10.8. The highest BCUT2D eigenvalue weighted by Gasteiger charge is 1.56. The molecule has 37 valence electrons. The molecule has 0 saturated carbocycles. The van der Waals surface area contributed by atoms with E-state index in [4.69, 9.17) is 0 Å². The number of aromatic amines is 1. The normalized spacial score (nSPS) is 5.71. The topological polar surface area (TPSA) is 28.7 Å². The first-order valence-corrected chi connectivity index (χ1v) is 1.43. The first-order valence-electron chi connectivity index (χ1n) is 1.43. The average molecular weight is 98.9 g/mol. The number of imidazole rings is 1. The van der Waals surface area contributed by atoms with Gasteiger partial charge in [-0.1, -0.05) is 0 Å². The van der Waals surface area contributed by atoms with E-state index in [1.54, 1.807) is 18.7 Å². The second-order valence-corrected chi connectivity index (χ2v) is 0.761. The minimum atomic E-state index is 0. The second-order valence-electron chi connectivity index (χ2n) is 0.761. The van der Waals surface area contributed by atoms with Crippen molar-refractivity contribution in [3.05, 3.63) is 18.7 Å². The summed E-state index contributed by atoms with van der Waals surface area (Å²) in [5, 5.41) is 0. The van der Waals surface area contributed by atoms with Gasteiger partial charge in [0.15, 0.2) is 0 Å². The Morgan fingerprint density at radius 2 is 2.14 bits per heavy atom. The van der Waals surface area contributed by atoms with Crippen LogP contribution in [-0.4, -0.2) is 18.4 Å². The molecular formula is C3H5BFN2. The molecule has 1 aromatic heterocycles. The molecule has 1 heterocycles. The Morgan fingerprint density at radius 1 is 1.43 bits per heavy atom. The molecule has 0 unspecified atom stereocenters. The van der Waals surface area contributed by atoms with Crippen LogP contribution in [0.2, 0.25) is 0 Å². The maximum absolute atomic E-state index is 3.67. The van der Waals surface area contributed by atoms with Gasteiger partial charge in [-0.25, -0.2) is 4.98 Å². The van der Waals surface area contributed by atoms with Crippen LogP contribution in [0.4, 0.5) is 4.70 Å². The summed E-state index contributed by atoms with van der Waals surface area (Å²) in [5.74, 6) is 0. The van der Waals surface area contributed by atoms with Gasteiger partial charge in [-0.15, -0.1) is 0 Å². The Kier molecular flexibility index (Phi) is 7.07. The Morgan fingerprint density at radius 3 is 2.29 bits per heavy atom. The molecule has 1 rings (SSSR count). The number of rotatable bonds is 0. The number of halogens is 1. The highest BCUT2D eigenvalue weighted by Crippen LogP contribution is 1.62. The minimum absolute atomic E-state index is 0. The molecule has 0 amide bonds. The van der Waals surface area contributed by atoms with Crippen LogP contribution in [-0.2, 0) is 0 Å². The van der Waals surface area contributed by atoms with Crippen molar-refractivity contribution in [2.45, 2.75) is 0 Å². The quantitative estimate of drug-likeness (QED) is 0.461. The molecule has 0 aromatic carbocycles. The van der Waals surface area contributed by atoms with Gasteiger partial charge in [-0.05, 0) is 0 Å². The summed E-state index contributed by atoms with van der Waals surface area (Å²) in [5.41, 5.74) is 0. The first-order chi connectivity index (χ1) is 2.50. The molecule has 4 heteroatoms. The van der Waals surface area contributed by atoms with E-state index in [0.29, 0.717) is 0 Å². The number of hydrogen-bond acceptors (Lipinski definition) is 1. The van der Waals surface area contributed by atoms with Gasteiger partial charge >= 0.3 is 0 Å². The molecule has 0 bridgehead atoms. The van der Waals surface area contributed by atoms with Crippen molar-refractivity contribution in [2.24, 2.45) is 0 Å². The van der Waals surface area contributed by atoms with E-state index in [2.05, 4.69) is 9.97 Å². The van der Waals surface area contributed by atoms with Crippen molar-refractivity contribution in [3.63, 3.8) is 0 Å². The van der Waals surface area contributed by atoms with Crippen LogP contribution in [0.25, 0.3) is 0 Å². The number of H-pyrrole nitrogens is 1. The largest absolute Gasteiger partial charge is 0.351 e. The lowest BCUT2D eigenvalue weighted by molar-refractivity contribution is 1.11. The van der Waals surface area contributed by atoms with Crippen molar-refractivity contribution >= 4 is 8.41 Å². The van der Waals surface area contributed by atoms with Crippen molar-refractivity contribution in [3.8, 4) is 0 Å². The number of hydrogen-bond donors (Lipinski definition) is 1. The van der Waals surface area contributed by atoms with Crippen LogP contribution >= 0.6 is 0 Å². The van der Waals surface area contributed by atoms with E-state index in [0.717, 1.165) is 0 Å². The van der Waals surface area contributed by atoms with Gasteiger partial charge in [-0.3, -0.25) is 4.70 Å². The third kappa shape index (κ3) is 3.02. The summed E-state index contributed by atoms with van der Waals surface area (Å²) in [4.78, 5) is 6.42. The predicted octanol–water partition coefficient (Wildman–Crippen LogP) is 0.181. The maximum atomic E-state index is 3.67. The van der Waals surface area contributed by atoms with Crippen LogP contribution in [0.5, 0.6) is 0 Å². The first kappa shape index (κ1) is 9.51. The Bertz CT molecular complexity index is 69.4. The monoisotopic (exact) mass is 99.1 g/mol. The fourth-order valence-corrected chi connectivity index (χ4v) is 0.215. The molecule has 0 spiro atoms. The number of nitrogens with one attached hydrogen (secondary N) is 1. The molecule has 0 aliphatic carbocycles. The molecule has 0 saturated heterocycles. The van der Waals surface area contributed by atoms with Crippen molar-refractivity contribution in [1.82, 2.24) is 9.97 Å². The third-order valence-electron chi connectivity index (χ3n) is 0.406. The molecule has 0 atom stereocenters. The molecule has 0 aliphatic rings. The van der Waals surface area contributed by atoms with Crippen molar-refractivity contribution < 1.29 is 4.70 Å². The van der Waals surface area contributed by atoms with E-state index in [-0.39, 0.29) is 13.1 Å². The highest BCUT2D eigenvalue weighted by molar-refractivity contribution is 5.75. The van der Waals surface area contributed by atoms with Gasteiger partial charge in [0, 0.05) is 20.8 Å². The van der Waals surface area contributed by atoms with Crippen LogP contribution < -0.4 is 0 Å². The minimum Gasteiger partial charge on any atom is -0.351 e. The molecule has 0 aliphatic heterocycles. The van der Waals surface area contributed by atoms with Crippen LogP contribution in [0.1, 0.15) is 0 Å². The van der Waals surface area contributed by atoms with Gasteiger partial charge < -0.3 is 4.98 Å². The Hall–Kier alpha value is -0.795. The van der Waals surface area contributed by atoms with Crippen LogP contribution in [0.15, 0.2) is 18.7 Å². The zero-order valence-electron chi connectivity index (χ0n) is 3.66. The summed E-state index contributed by atoms with van der Waals surface area (Å²) in [6, 6.07) is 0. The summed E-state index contributed by atoms with van der Waals surface area (Å²) in [6.07, 6.45) is 5.08. The molecule has 0 fully saturated rings. The van der Waals surface area contributed by atoms with Crippen molar-refractivity contribution in [1.29, 1.82) is 0 Å². The molecule has 7 heavy (non-hydrogen) atoms. The molecule has 1 N–H and O–H groups in total. The lowest BCUT2D eigenvalue weighted by Gasteiger charge is -1.46. The van der Waals surface area contributed by atoms with Gasteiger partial charge in [0.2, 0.25) is 0 Å². The number of nitrogens with zero attached hydrogens (tertiary/aromatic N) is 1. The SMILES string of the molecule is F.[B].c1c[nH]cn1. The second kappa shape index (κ2) is 5.20. The Labute approximate surface area is 42.9 Å². The smallest absolute Gasteiger partial charge is 0.0919 e. The molecule has 2 nitrogen and oxygen atoms in total. The van der Waals surface area contributed by atoms with E-state index in [1.165, 1.54) is 0 Å². The zero-order valence-corrected chi connectivity index (χ0v) is 3.66. The van der Waals surface area contributed by atoms with Crippen LogP contribution in [0, 0.1) is 0 Å². The van der Waals surface area contributed by atoms with Crippen molar-refractivity contribution in [2.75, 3.05) is 0 Å². The van der Waals surface area contributed by atoms with Gasteiger partial charge in [-0.2, -0.15) is 0 Å². The van der Waals surface area contributed by atoms with E-state index < -0.39 is 0 Å². The Balaban J connectivity index is 0. The van der Waals surface area contributed by atoms with Gasteiger partial charge in [0.1, 0.15) is 0 Å².